The van der Waals surface area contributed by atoms with E-state index in [2.05, 4.69) is 0 Å². The summed E-state index contributed by atoms with van der Waals surface area (Å²) < 4.78 is 0. The van der Waals surface area contributed by atoms with Gasteiger partial charge in [0, 0.05) is 28.4 Å². The van der Waals surface area contributed by atoms with Crippen molar-refractivity contribution in [2.24, 2.45) is 0 Å². The minimum Gasteiger partial charge on any atom is -0.478 e. The number of rotatable bonds is 2. The number of benzene rings is 2. The number of anilines is 2. The van der Waals surface area contributed by atoms with Crippen LogP contribution in [-0.4, -0.2) is 22.2 Å². The van der Waals surface area contributed by atoms with E-state index in [0.717, 1.165) is 11.1 Å². The fourth-order valence-corrected chi connectivity index (χ4v) is 1.71. The maximum atomic E-state index is 10.5. The van der Waals surface area contributed by atoms with E-state index in [0.29, 0.717) is 11.4 Å². The molecule has 0 saturated carbocycles. The van der Waals surface area contributed by atoms with Crippen molar-refractivity contribution in [1.82, 2.24) is 0 Å². The number of hydrogen-bond donors (Lipinski definition) is 4. The monoisotopic (exact) mass is 365 g/mol. The van der Waals surface area contributed by atoms with Crippen LogP contribution < -0.4 is 11.5 Å². The molecule has 0 aliphatic rings. The van der Waals surface area contributed by atoms with Gasteiger partial charge in [-0.05, 0) is 38.1 Å². The maximum absolute atomic E-state index is 10.5. The van der Waals surface area contributed by atoms with Crippen molar-refractivity contribution in [3.05, 3.63) is 58.7 Å². The molecular formula is C16H18CuN2O4. The zero-order valence-electron chi connectivity index (χ0n) is 12.6. The third-order valence-electron chi connectivity index (χ3n) is 2.88. The zero-order chi connectivity index (χ0) is 16.9. The molecule has 0 aliphatic heterocycles. The normalized spacial score (nSPS) is 9.13. The van der Waals surface area contributed by atoms with E-state index in [9.17, 15) is 9.59 Å². The molecule has 0 saturated heterocycles. The summed E-state index contributed by atoms with van der Waals surface area (Å²) in [5, 5.41) is 17.2. The first-order valence-corrected chi connectivity index (χ1v) is 6.41. The summed E-state index contributed by atoms with van der Waals surface area (Å²) in [5.41, 5.74) is 13.6. The number of carboxylic acid groups (broad SMARTS) is 2. The van der Waals surface area contributed by atoms with Gasteiger partial charge in [-0.3, -0.25) is 0 Å². The predicted molar refractivity (Wildman–Crippen MR) is 85.1 cm³/mol. The minimum atomic E-state index is -0.980. The smallest absolute Gasteiger partial charge is 0.337 e. The van der Waals surface area contributed by atoms with Gasteiger partial charge in [0.25, 0.3) is 0 Å². The van der Waals surface area contributed by atoms with Gasteiger partial charge in [-0.25, -0.2) is 9.59 Å². The van der Waals surface area contributed by atoms with E-state index in [1.807, 2.05) is 13.8 Å². The average Bonchev–Trinajstić information content (AvgIpc) is 2.44. The van der Waals surface area contributed by atoms with Crippen molar-refractivity contribution in [3.8, 4) is 0 Å². The molecule has 6 nitrogen and oxygen atoms in total. The van der Waals surface area contributed by atoms with E-state index in [1.54, 1.807) is 36.4 Å². The van der Waals surface area contributed by atoms with E-state index in [1.165, 1.54) is 0 Å². The number of nitrogens with two attached hydrogens (primary N) is 2. The van der Waals surface area contributed by atoms with Crippen molar-refractivity contribution in [1.29, 1.82) is 0 Å². The van der Waals surface area contributed by atoms with Gasteiger partial charge in [-0.2, -0.15) is 0 Å². The molecule has 0 heterocycles. The molecule has 0 bridgehead atoms. The Kier molecular flexibility index (Phi) is 7.87. The Morgan fingerprint density at radius 1 is 0.783 bits per heavy atom. The second-order valence-corrected chi connectivity index (χ2v) is 4.79. The molecule has 0 spiro atoms. The van der Waals surface area contributed by atoms with Crippen LogP contribution >= 0.6 is 0 Å². The van der Waals surface area contributed by atoms with E-state index >= 15 is 0 Å². The van der Waals surface area contributed by atoms with Crippen molar-refractivity contribution in [3.63, 3.8) is 0 Å². The number of carbonyl (C=O) groups is 2. The second kappa shape index (κ2) is 8.82. The topological polar surface area (TPSA) is 127 Å². The van der Waals surface area contributed by atoms with Gasteiger partial charge < -0.3 is 21.7 Å². The van der Waals surface area contributed by atoms with E-state index < -0.39 is 11.9 Å². The van der Waals surface area contributed by atoms with E-state index in [-0.39, 0.29) is 28.2 Å². The van der Waals surface area contributed by atoms with Crippen LogP contribution in [0, 0.1) is 13.8 Å². The van der Waals surface area contributed by atoms with Crippen molar-refractivity contribution < 1.29 is 36.9 Å². The molecule has 0 unspecified atom stereocenters. The van der Waals surface area contributed by atoms with Crippen LogP contribution in [0.1, 0.15) is 31.8 Å². The quantitative estimate of drug-likeness (QED) is 0.478. The number of aromatic carboxylic acids is 2. The number of hydrogen-bond acceptors (Lipinski definition) is 4. The molecule has 0 fully saturated rings. The summed E-state index contributed by atoms with van der Waals surface area (Å²) >= 11 is 0. The first-order chi connectivity index (χ1) is 10.2. The Labute approximate surface area is 144 Å². The largest absolute Gasteiger partial charge is 0.478 e. The molecule has 0 aromatic heterocycles. The van der Waals surface area contributed by atoms with Crippen molar-refractivity contribution in [2.75, 3.05) is 11.5 Å². The summed E-state index contributed by atoms with van der Waals surface area (Å²) in [6.07, 6.45) is 0. The molecule has 7 heteroatoms. The summed E-state index contributed by atoms with van der Waals surface area (Å²) in [6.45, 7) is 3.65. The third-order valence-corrected chi connectivity index (χ3v) is 2.88. The molecule has 23 heavy (non-hydrogen) atoms. The summed E-state index contributed by atoms with van der Waals surface area (Å²) in [7, 11) is 0. The van der Waals surface area contributed by atoms with Crippen molar-refractivity contribution in [2.45, 2.75) is 13.8 Å². The average molecular weight is 366 g/mol. The van der Waals surface area contributed by atoms with E-state index in [4.69, 9.17) is 21.7 Å². The number of carboxylic acids is 2. The summed E-state index contributed by atoms with van der Waals surface area (Å²) in [5.74, 6) is -1.96. The van der Waals surface area contributed by atoms with Crippen LogP contribution in [0.3, 0.4) is 0 Å². The van der Waals surface area contributed by atoms with Crippen LogP contribution in [0.2, 0.25) is 0 Å². The number of aryl methyl sites for hydroxylation is 2. The van der Waals surface area contributed by atoms with Crippen LogP contribution in [-0.2, 0) is 17.1 Å². The Hall–Kier alpha value is -2.50. The maximum Gasteiger partial charge on any atom is 0.337 e. The minimum absolute atomic E-state index is 0. The molecule has 0 atom stereocenters. The third kappa shape index (κ3) is 6.02. The Balaban J connectivity index is 0.000000403. The molecule has 6 N–H and O–H groups in total. The predicted octanol–water partition coefficient (Wildman–Crippen LogP) is 2.55. The molecule has 2 aromatic rings. The molecule has 0 amide bonds. The summed E-state index contributed by atoms with van der Waals surface area (Å²) in [6, 6.07) is 9.86. The number of nitrogen functional groups attached to an aromatic ring is 2. The standard InChI is InChI=1S/2C8H9NO2.Cu/c2*1-5-2-3-7(9)6(4-5)8(10)11;/h2*2-4H,9H2,1H3,(H,10,11);. The molecule has 127 valence electrons. The molecule has 2 aromatic carbocycles. The molecule has 1 radical (unpaired) electrons. The van der Waals surface area contributed by atoms with Gasteiger partial charge in [0.15, 0.2) is 0 Å². The molecular weight excluding hydrogens is 348 g/mol. The Bertz CT molecular complexity index is 656. The van der Waals surface area contributed by atoms with Gasteiger partial charge >= 0.3 is 11.9 Å². The van der Waals surface area contributed by atoms with Gasteiger partial charge in [0.1, 0.15) is 0 Å². The van der Waals surface area contributed by atoms with Gasteiger partial charge in [-0.15, -0.1) is 0 Å². The fraction of sp³-hybridized carbons (Fsp3) is 0.125. The zero-order valence-corrected chi connectivity index (χ0v) is 13.6. The van der Waals surface area contributed by atoms with Crippen LogP contribution in [0.4, 0.5) is 11.4 Å². The first-order valence-electron chi connectivity index (χ1n) is 6.41. The second-order valence-electron chi connectivity index (χ2n) is 4.79. The molecule has 2 rings (SSSR count). The van der Waals surface area contributed by atoms with Gasteiger partial charge in [-0.1, -0.05) is 23.3 Å². The van der Waals surface area contributed by atoms with Crippen LogP contribution in [0.15, 0.2) is 36.4 Å². The van der Waals surface area contributed by atoms with Gasteiger partial charge in [0.2, 0.25) is 0 Å². The summed E-state index contributed by atoms with van der Waals surface area (Å²) in [4.78, 5) is 21.0. The Morgan fingerprint density at radius 3 is 1.30 bits per heavy atom. The molecule has 0 aliphatic carbocycles. The van der Waals surface area contributed by atoms with Gasteiger partial charge in [0.05, 0.1) is 11.1 Å². The van der Waals surface area contributed by atoms with Crippen molar-refractivity contribution >= 4 is 23.3 Å². The van der Waals surface area contributed by atoms with Crippen LogP contribution in [0.25, 0.3) is 0 Å². The SMILES string of the molecule is Cc1ccc(N)c(C(=O)O)c1.Cc1ccc(N)c(C(=O)O)c1.[Cu]. The first kappa shape index (κ1) is 20.5. The fourth-order valence-electron chi connectivity index (χ4n) is 1.71. The van der Waals surface area contributed by atoms with Crippen LogP contribution in [0.5, 0.6) is 0 Å². The Morgan fingerprint density at radius 2 is 1.09 bits per heavy atom.